The molecule has 2 nitrogen and oxygen atoms in total. The van der Waals surface area contributed by atoms with Crippen LogP contribution in [0.5, 0.6) is 0 Å². The van der Waals surface area contributed by atoms with Gasteiger partial charge in [0.15, 0.2) is 0 Å². The van der Waals surface area contributed by atoms with Crippen molar-refractivity contribution in [3.8, 4) is 0 Å². The van der Waals surface area contributed by atoms with Crippen molar-refractivity contribution in [1.29, 1.82) is 0 Å². The second-order valence-electron chi connectivity index (χ2n) is 5.84. The summed E-state index contributed by atoms with van der Waals surface area (Å²) in [4.78, 5) is 11.6. The SMILES string of the molecule is C=CCOC(=O)Cc1ccc(C(C)(C)c2ccccc2)cc1. The second-order valence-corrected chi connectivity index (χ2v) is 5.84. The Morgan fingerprint density at radius 1 is 1.05 bits per heavy atom. The molecule has 0 bridgehead atoms. The number of hydrogen-bond acceptors (Lipinski definition) is 2. The lowest BCUT2D eigenvalue weighted by molar-refractivity contribution is -0.141. The maximum absolute atomic E-state index is 11.6. The Kier molecular flexibility index (Phi) is 5.16. The van der Waals surface area contributed by atoms with Gasteiger partial charge in [0.05, 0.1) is 6.42 Å². The van der Waals surface area contributed by atoms with Crippen molar-refractivity contribution in [2.75, 3.05) is 6.61 Å². The molecule has 0 atom stereocenters. The second kappa shape index (κ2) is 7.08. The molecule has 0 heterocycles. The summed E-state index contributed by atoms with van der Waals surface area (Å²) >= 11 is 0. The molecule has 2 heteroatoms. The maximum atomic E-state index is 11.6. The molecule has 0 N–H and O–H groups in total. The van der Waals surface area contributed by atoms with Crippen LogP contribution in [0.2, 0.25) is 0 Å². The minimum Gasteiger partial charge on any atom is -0.461 e. The summed E-state index contributed by atoms with van der Waals surface area (Å²) in [6.45, 7) is 8.20. The van der Waals surface area contributed by atoms with E-state index in [0.717, 1.165) is 5.56 Å². The number of rotatable bonds is 6. The molecule has 2 aromatic carbocycles. The van der Waals surface area contributed by atoms with E-state index in [9.17, 15) is 4.79 Å². The number of carbonyl (C=O) groups excluding carboxylic acids is 1. The van der Waals surface area contributed by atoms with E-state index in [1.54, 1.807) is 6.08 Å². The minimum absolute atomic E-state index is 0.0663. The van der Waals surface area contributed by atoms with Gasteiger partial charge in [-0.3, -0.25) is 4.79 Å². The van der Waals surface area contributed by atoms with Crippen molar-refractivity contribution in [3.05, 3.63) is 83.9 Å². The van der Waals surface area contributed by atoms with E-state index in [2.05, 4.69) is 56.8 Å². The predicted octanol–water partition coefficient (Wildman–Crippen LogP) is 4.28. The summed E-state index contributed by atoms with van der Waals surface area (Å²) in [5, 5.41) is 0. The number of benzene rings is 2. The first-order valence-electron chi connectivity index (χ1n) is 7.45. The lowest BCUT2D eigenvalue weighted by atomic mass is 9.78. The van der Waals surface area contributed by atoms with Crippen LogP contribution < -0.4 is 0 Å². The molecular formula is C20H22O2. The van der Waals surface area contributed by atoms with Crippen LogP contribution in [0.25, 0.3) is 0 Å². The van der Waals surface area contributed by atoms with Crippen LogP contribution in [0.15, 0.2) is 67.3 Å². The Hall–Kier alpha value is -2.35. The van der Waals surface area contributed by atoms with Gasteiger partial charge < -0.3 is 4.74 Å². The molecule has 0 aliphatic heterocycles. The van der Waals surface area contributed by atoms with Crippen molar-refractivity contribution in [2.45, 2.75) is 25.7 Å². The highest BCUT2D eigenvalue weighted by Crippen LogP contribution is 2.31. The lowest BCUT2D eigenvalue weighted by Crippen LogP contribution is -2.18. The molecular weight excluding hydrogens is 272 g/mol. The molecule has 0 saturated heterocycles. The van der Waals surface area contributed by atoms with Crippen molar-refractivity contribution in [1.82, 2.24) is 0 Å². The molecule has 0 aliphatic carbocycles. The zero-order valence-electron chi connectivity index (χ0n) is 13.2. The van der Waals surface area contributed by atoms with Crippen molar-refractivity contribution in [2.24, 2.45) is 0 Å². The van der Waals surface area contributed by atoms with Gasteiger partial charge in [0, 0.05) is 5.41 Å². The number of hydrogen-bond donors (Lipinski definition) is 0. The molecule has 0 spiro atoms. The fourth-order valence-electron chi connectivity index (χ4n) is 2.43. The molecule has 22 heavy (non-hydrogen) atoms. The summed E-state index contributed by atoms with van der Waals surface area (Å²) in [6, 6.07) is 18.6. The van der Waals surface area contributed by atoms with Gasteiger partial charge >= 0.3 is 5.97 Å². The van der Waals surface area contributed by atoms with Crippen molar-refractivity contribution in [3.63, 3.8) is 0 Å². The summed E-state index contributed by atoms with van der Waals surface area (Å²) in [7, 11) is 0. The lowest BCUT2D eigenvalue weighted by Gasteiger charge is -2.26. The van der Waals surface area contributed by atoms with E-state index >= 15 is 0 Å². The van der Waals surface area contributed by atoms with Crippen LogP contribution >= 0.6 is 0 Å². The number of esters is 1. The molecule has 0 aromatic heterocycles. The van der Waals surface area contributed by atoms with Gasteiger partial charge in [0.2, 0.25) is 0 Å². The van der Waals surface area contributed by atoms with E-state index in [4.69, 9.17) is 4.74 Å². The fraction of sp³-hybridized carbons (Fsp3) is 0.250. The van der Waals surface area contributed by atoms with E-state index in [1.807, 2.05) is 18.2 Å². The van der Waals surface area contributed by atoms with Crippen LogP contribution in [0.1, 0.15) is 30.5 Å². The summed E-state index contributed by atoms with van der Waals surface area (Å²) < 4.78 is 5.00. The van der Waals surface area contributed by atoms with Crippen molar-refractivity contribution < 1.29 is 9.53 Å². The third kappa shape index (κ3) is 3.85. The quantitative estimate of drug-likeness (QED) is 0.587. The first-order valence-corrected chi connectivity index (χ1v) is 7.45. The van der Waals surface area contributed by atoms with Crippen LogP contribution in [0.3, 0.4) is 0 Å². The van der Waals surface area contributed by atoms with Gasteiger partial charge in [-0.25, -0.2) is 0 Å². The average molecular weight is 294 g/mol. The molecule has 0 amide bonds. The monoisotopic (exact) mass is 294 g/mol. The van der Waals surface area contributed by atoms with Gasteiger partial charge in [0.1, 0.15) is 6.61 Å². The van der Waals surface area contributed by atoms with Crippen LogP contribution in [-0.4, -0.2) is 12.6 Å². The minimum atomic E-state index is -0.227. The first kappa shape index (κ1) is 16.0. The molecule has 114 valence electrons. The Balaban J connectivity index is 2.11. The highest BCUT2D eigenvalue weighted by Gasteiger charge is 2.22. The van der Waals surface area contributed by atoms with Crippen LogP contribution in [0, 0.1) is 0 Å². The van der Waals surface area contributed by atoms with E-state index < -0.39 is 0 Å². The zero-order valence-corrected chi connectivity index (χ0v) is 13.2. The van der Waals surface area contributed by atoms with Crippen LogP contribution in [0.4, 0.5) is 0 Å². The van der Waals surface area contributed by atoms with E-state index in [-0.39, 0.29) is 18.0 Å². The predicted molar refractivity (Wildman–Crippen MR) is 89.9 cm³/mol. The third-order valence-electron chi connectivity index (χ3n) is 3.88. The highest BCUT2D eigenvalue weighted by molar-refractivity contribution is 5.72. The van der Waals surface area contributed by atoms with Crippen molar-refractivity contribution >= 4 is 5.97 Å². The van der Waals surface area contributed by atoms with E-state index in [0.29, 0.717) is 6.42 Å². The highest BCUT2D eigenvalue weighted by atomic mass is 16.5. The van der Waals surface area contributed by atoms with Gasteiger partial charge in [-0.05, 0) is 16.7 Å². The Bertz CT molecular complexity index is 625. The fourth-order valence-corrected chi connectivity index (χ4v) is 2.43. The normalized spacial score (nSPS) is 11.0. The largest absolute Gasteiger partial charge is 0.461 e. The summed E-state index contributed by atoms with van der Waals surface area (Å²) in [5.41, 5.74) is 3.39. The van der Waals surface area contributed by atoms with Gasteiger partial charge in [-0.15, -0.1) is 0 Å². The molecule has 0 fully saturated rings. The molecule has 2 rings (SSSR count). The Morgan fingerprint density at radius 2 is 1.64 bits per heavy atom. The Morgan fingerprint density at radius 3 is 2.23 bits per heavy atom. The smallest absolute Gasteiger partial charge is 0.310 e. The Labute approximate surface area is 132 Å². The summed E-state index contributed by atoms with van der Waals surface area (Å²) in [6.07, 6.45) is 1.86. The first-order chi connectivity index (χ1) is 10.5. The molecule has 2 aromatic rings. The summed E-state index contributed by atoms with van der Waals surface area (Å²) in [5.74, 6) is -0.227. The molecule has 0 radical (unpaired) electrons. The average Bonchev–Trinajstić information content (AvgIpc) is 2.54. The van der Waals surface area contributed by atoms with Gasteiger partial charge in [0.25, 0.3) is 0 Å². The molecule has 0 saturated carbocycles. The standard InChI is InChI=1S/C20H22O2/c1-4-14-22-19(21)15-16-10-12-18(13-11-16)20(2,3)17-8-6-5-7-9-17/h4-13H,1,14-15H2,2-3H3. The molecule has 0 aliphatic rings. The number of ether oxygens (including phenoxy) is 1. The van der Waals surface area contributed by atoms with Gasteiger partial charge in [-0.2, -0.15) is 0 Å². The van der Waals surface area contributed by atoms with Crippen LogP contribution in [-0.2, 0) is 21.4 Å². The topological polar surface area (TPSA) is 26.3 Å². The maximum Gasteiger partial charge on any atom is 0.310 e. The number of carbonyl (C=O) groups is 1. The molecule has 0 unspecified atom stereocenters. The third-order valence-corrected chi connectivity index (χ3v) is 3.88. The van der Waals surface area contributed by atoms with E-state index in [1.165, 1.54) is 11.1 Å². The zero-order chi connectivity index (χ0) is 16.0. The van der Waals surface area contributed by atoms with Gasteiger partial charge in [-0.1, -0.05) is 81.1 Å².